The molecule has 0 bridgehead atoms. The smallest absolute Gasteiger partial charge is 0.265 e. The predicted molar refractivity (Wildman–Crippen MR) is 84.2 cm³/mol. The highest BCUT2D eigenvalue weighted by molar-refractivity contribution is 7.89. The first-order chi connectivity index (χ1) is 9.81. The van der Waals surface area contributed by atoms with E-state index in [-0.39, 0.29) is 10.8 Å². The van der Waals surface area contributed by atoms with Crippen molar-refractivity contribution in [3.63, 3.8) is 0 Å². The molecule has 0 unspecified atom stereocenters. The van der Waals surface area contributed by atoms with Gasteiger partial charge in [0.1, 0.15) is 0 Å². The van der Waals surface area contributed by atoms with Gasteiger partial charge in [0, 0.05) is 10.6 Å². The molecule has 0 radical (unpaired) electrons. The third-order valence-electron chi connectivity index (χ3n) is 3.02. The Morgan fingerprint density at radius 2 is 2.00 bits per heavy atom. The van der Waals surface area contributed by atoms with Crippen LogP contribution >= 0.6 is 11.3 Å². The first-order valence-electron chi connectivity index (χ1n) is 6.34. The van der Waals surface area contributed by atoms with Crippen molar-refractivity contribution in [1.82, 2.24) is 0 Å². The molecule has 1 aromatic heterocycles. The fourth-order valence-corrected chi connectivity index (χ4v) is 3.17. The van der Waals surface area contributed by atoms with E-state index in [1.807, 2.05) is 13.0 Å². The van der Waals surface area contributed by atoms with E-state index in [0.717, 1.165) is 16.9 Å². The number of hydrogen-bond acceptors (Lipinski definition) is 4. The topological polar surface area (TPSA) is 89.3 Å². The van der Waals surface area contributed by atoms with Crippen molar-refractivity contribution in [2.45, 2.75) is 25.2 Å². The standard InChI is InChI=1S/C14H16N2O3S2/c1-3-10-5-7-13(20-10)14(17)16-12-8-11(21(15,18)19)6-4-9(12)2/h4-8H,3H2,1-2H3,(H,16,17)(H2,15,18,19). The second-order valence-corrected chi connectivity index (χ2v) is 7.33. The Morgan fingerprint density at radius 1 is 1.29 bits per heavy atom. The van der Waals surface area contributed by atoms with Crippen LogP contribution in [0.1, 0.15) is 27.0 Å². The molecule has 0 aliphatic rings. The molecule has 0 fully saturated rings. The molecule has 112 valence electrons. The monoisotopic (exact) mass is 324 g/mol. The Hall–Kier alpha value is -1.70. The van der Waals surface area contributed by atoms with Gasteiger partial charge in [-0.1, -0.05) is 13.0 Å². The van der Waals surface area contributed by atoms with Gasteiger partial charge in [-0.25, -0.2) is 13.6 Å². The largest absolute Gasteiger partial charge is 0.321 e. The van der Waals surface area contributed by atoms with Gasteiger partial charge in [0.15, 0.2) is 0 Å². The number of benzene rings is 1. The molecule has 0 saturated heterocycles. The normalized spacial score (nSPS) is 11.4. The quantitative estimate of drug-likeness (QED) is 0.905. The second kappa shape index (κ2) is 5.97. The maximum Gasteiger partial charge on any atom is 0.265 e. The molecule has 1 aromatic carbocycles. The average molecular weight is 324 g/mol. The van der Waals surface area contributed by atoms with Crippen LogP contribution in [0.3, 0.4) is 0 Å². The van der Waals surface area contributed by atoms with E-state index in [1.54, 1.807) is 19.1 Å². The number of hydrogen-bond donors (Lipinski definition) is 2. The second-order valence-electron chi connectivity index (χ2n) is 4.60. The van der Waals surface area contributed by atoms with E-state index >= 15 is 0 Å². The van der Waals surface area contributed by atoms with Gasteiger partial charge in [-0.15, -0.1) is 11.3 Å². The molecule has 21 heavy (non-hydrogen) atoms. The lowest BCUT2D eigenvalue weighted by Crippen LogP contribution is -2.15. The summed E-state index contributed by atoms with van der Waals surface area (Å²) in [6.07, 6.45) is 0.873. The van der Waals surface area contributed by atoms with Crippen LogP contribution in [0.15, 0.2) is 35.2 Å². The number of thiophene rings is 1. The number of carbonyl (C=O) groups excluding carboxylic acids is 1. The Labute approximate surface area is 127 Å². The highest BCUT2D eigenvalue weighted by Crippen LogP contribution is 2.22. The van der Waals surface area contributed by atoms with Crippen molar-refractivity contribution < 1.29 is 13.2 Å². The first-order valence-corrected chi connectivity index (χ1v) is 8.71. The zero-order valence-electron chi connectivity index (χ0n) is 11.7. The molecule has 2 aromatic rings. The zero-order chi connectivity index (χ0) is 15.6. The molecule has 7 heteroatoms. The van der Waals surface area contributed by atoms with Crippen molar-refractivity contribution in [3.05, 3.63) is 45.6 Å². The number of anilines is 1. The first kappa shape index (κ1) is 15.7. The van der Waals surface area contributed by atoms with Crippen LogP contribution in [0, 0.1) is 6.92 Å². The minimum absolute atomic E-state index is 0.0242. The maximum absolute atomic E-state index is 12.2. The van der Waals surface area contributed by atoms with Crippen LogP contribution in [0.2, 0.25) is 0 Å². The molecule has 2 rings (SSSR count). The average Bonchev–Trinajstić information content (AvgIpc) is 2.88. The van der Waals surface area contributed by atoms with E-state index < -0.39 is 10.0 Å². The Kier molecular flexibility index (Phi) is 4.46. The highest BCUT2D eigenvalue weighted by Gasteiger charge is 2.14. The lowest BCUT2D eigenvalue weighted by molar-refractivity contribution is 0.103. The van der Waals surface area contributed by atoms with Crippen molar-refractivity contribution >= 4 is 33.0 Å². The molecular weight excluding hydrogens is 308 g/mol. The highest BCUT2D eigenvalue weighted by atomic mass is 32.2. The SMILES string of the molecule is CCc1ccc(C(=O)Nc2cc(S(N)(=O)=O)ccc2C)s1. The molecule has 0 aliphatic carbocycles. The number of nitrogens with one attached hydrogen (secondary N) is 1. The van der Waals surface area contributed by atoms with E-state index in [9.17, 15) is 13.2 Å². The summed E-state index contributed by atoms with van der Waals surface area (Å²) in [6, 6.07) is 8.07. The Balaban J connectivity index is 2.28. The molecular formula is C14H16N2O3S2. The molecule has 0 spiro atoms. The molecule has 3 N–H and O–H groups in total. The zero-order valence-corrected chi connectivity index (χ0v) is 13.3. The van der Waals surface area contributed by atoms with Crippen molar-refractivity contribution in [2.75, 3.05) is 5.32 Å². The van der Waals surface area contributed by atoms with E-state index in [4.69, 9.17) is 5.14 Å². The van der Waals surface area contributed by atoms with E-state index in [1.165, 1.54) is 23.5 Å². The number of primary sulfonamides is 1. The number of sulfonamides is 1. The third-order valence-corrected chi connectivity index (χ3v) is 5.16. The summed E-state index contributed by atoms with van der Waals surface area (Å²) in [5.74, 6) is -0.255. The van der Waals surface area contributed by atoms with Gasteiger partial charge < -0.3 is 5.32 Å². The van der Waals surface area contributed by atoms with Crippen LogP contribution < -0.4 is 10.5 Å². The summed E-state index contributed by atoms with van der Waals surface area (Å²) >= 11 is 1.42. The molecule has 0 aliphatic heterocycles. The molecule has 0 atom stereocenters. The lowest BCUT2D eigenvalue weighted by Gasteiger charge is -2.09. The van der Waals surface area contributed by atoms with Gasteiger partial charge in [0.05, 0.1) is 9.77 Å². The summed E-state index contributed by atoms with van der Waals surface area (Å²) < 4.78 is 22.7. The summed E-state index contributed by atoms with van der Waals surface area (Å²) in [5, 5.41) is 7.83. The number of nitrogens with two attached hydrogens (primary N) is 1. The van der Waals surface area contributed by atoms with Crippen LogP contribution in [0.4, 0.5) is 5.69 Å². The van der Waals surface area contributed by atoms with Gasteiger partial charge in [0.2, 0.25) is 10.0 Å². The van der Waals surface area contributed by atoms with Crippen LogP contribution in [-0.4, -0.2) is 14.3 Å². The molecule has 1 amide bonds. The Bertz CT molecular complexity index is 779. The third kappa shape index (κ3) is 3.69. The van der Waals surface area contributed by atoms with E-state index in [0.29, 0.717) is 10.6 Å². The van der Waals surface area contributed by atoms with Gasteiger partial charge >= 0.3 is 0 Å². The lowest BCUT2D eigenvalue weighted by atomic mass is 10.2. The van der Waals surface area contributed by atoms with Gasteiger partial charge in [-0.05, 0) is 43.2 Å². The van der Waals surface area contributed by atoms with Crippen LogP contribution in [-0.2, 0) is 16.4 Å². The van der Waals surface area contributed by atoms with Gasteiger partial charge in [-0.3, -0.25) is 4.79 Å². The summed E-state index contributed by atoms with van der Waals surface area (Å²) in [5.41, 5.74) is 1.21. The molecule has 5 nitrogen and oxygen atoms in total. The van der Waals surface area contributed by atoms with Crippen LogP contribution in [0.25, 0.3) is 0 Å². The number of rotatable bonds is 4. The predicted octanol–water partition coefficient (Wildman–Crippen LogP) is 2.52. The Morgan fingerprint density at radius 3 is 2.57 bits per heavy atom. The van der Waals surface area contributed by atoms with Crippen molar-refractivity contribution in [1.29, 1.82) is 0 Å². The van der Waals surface area contributed by atoms with Crippen molar-refractivity contribution in [2.24, 2.45) is 5.14 Å². The van der Waals surface area contributed by atoms with Gasteiger partial charge in [-0.2, -0.15) is 0 Å². The minimum atomic E-state index is -3.79. The minimum Gasteiger partial charge on any atom is -0.321 e. The van der Waals surface area contributed by atoms with Crippen LogP contribution in [0.5, 0.6) is 0 Å². The fraction of sp³-hybridized carbons (Fsp3) is 0.214. The summed E-state index contributed by atoms with van der Waals surface area (Å²) in [7, 11) is -3.79. The number of carbonyl (C=O) groups is 1. The van der Waals surface area contributed by atoms with E-state index in [2.05, 4.69) is 5.32 Å². The fourth-order valence-electron chi connectivity index (χ4n) is 1.79. The number of amides is 1. The van der Waals surface area contributed by atoms with Crippen molar-refractivity contribution in [3.8, 4) is 0 Å². The van der Waals surface area contributed by atoms with Gasteiger partial charge in [0.25, 0.3) is 5.91 Å². The molecule has 0 saturated carbocycles. The summed E-state index contributed by atoms with van der Waals surface area (Å²) in [4.78, 5) is 13.9. The maximum atomic E-state index is 12.2. The molecule has 1 heterocycles. The number of aryl methyl sites for hydroxylation is 2. The summed E-state index contributed by atoms with van der Waals surface area (Å²) in [6.45, 7) is 3.81.